The maximum Gasteiger partial charge on any atom is 0.150 e. The Kier molecular flexibility index (Phi) is 5.16. The van der Waals surface area contributed by atoms with E-state index in [1.165, 1.54) is 0 Å². The number of imidazole rings is 1. The van der Waals surface area contributed by atoms with Crippen LogP contribution < -0.4 is 5.32 Å². The fourth-order valence-corrected chi connectivity index (χ4v) is 3.24. The molecule has 0 spiro atoms. The highest BCUT2D eigenvalue weighted by Gasteiger charge is 2.27. The van der Waals surface area contributed by atoms with Gasteiger partial charge in [-0.2, -0.15) is 5.26 Å². The third-order valence-corrected chi connectivity index (χ3v) is 4.47. The predicted octanol–water partition coefficient (Wildman–Crippen LogP) is 3.84. The molecule has 112 valence electrons. The van der Waals surface area contributed by atoms with Crippen LogP contribution in [0.1, 0.15) is 39.7 Å². The van der Waals surface area contributed by atoms with Crippen LogP contribution in [-0.4, -0.2) is 21.6 Å². The maximum absolute atomic E-state index is 9.48. The third-order valence-electron chi connectivity index (χ3n) is 3.60. The summed E-state index contributed by atoms with van der Waals surface area (Å²) in [6.45, 7) is 7.08. The molecule has 0 bridgehead atoms. The largest absolute Gasteiger partial charge is 0.327 e. The van der Waals surface area contributed by atoms with Crippen molar-refractivity contribution in [1.82, 2.24) is 14.9 Å². The molecule has 0 saturated heterocycles. The van der Waals surface area contributed by atoms with Crippen LogP contribution in [0.25, 0.3) is 10.7 Å². The standard InChI is InChI=1S/C16H22N4S/c1-4-7-19-16(3,12-17)11-13(2)20-9-8-18-15(20)14-6-5-10-21-14/h5-6,8-10,13,19H,4,7,11H2,1-3H3. The van der Waals surface area contributed by atoms with E-state index < -0.39 is 5.54 Å². The van der Waals surface area contributed by atoms with Crippen molar-refractivity contribution in [1.29, 1.82) is 5.26 Å². The van der Waals surface area contributed by atoms with Crippen molar-refractivity contribution in [2.75, 3.05) is 6.54 Å². The second-order valence-electron chi connectivity index (χ2n) is 5.56. The highest BCUT2D eigenvalue weighted by molar-refractivity contribution is 7.13. The molecule has 0 saturated carbocycles. The van der Waals surface area contributed by atoms with Crippen LogP contribution in [0.4, 0.5) is 0 Å². The van der Waals surface area contributed by atoms with Gasteiger partial charge in [-0.1, -0.05) is 13.0 Å². The average Bonchev–Trinajstić information content (AvgIpc) is 3.14. The first-order valence-corrected chi connectivity index (χ1v) is 8.20. The van der Waals surface area contributed by atoms with E-state index in [0.717, 1.165) is 30.1 Å². The van der Waals surface area contributed by atoms with E-state index in [-0.39, 0.29) is 6.04 Å². The fraction of sp³-hybridized carbons (Fsp3) is 0.500. The summed E-state index contributed by atoms with van der Waals surface area (Å²) < 4.78 is 2.16. The summed E-state index contributed by atoms with van der Waals surface area (Å²) in [5.74, 6) is 0.980. The number of hydrogen-bond acceptors (Lipinski definition) is 4. The second kappa shape index (κ2) is 6.88. The molecule has 0 aromatic carbocycles. The Bertz CT molecular complexity index is 596. The molecule has 4 nitrogen and oxygen atoms in total. The van der Waals surface area contributed by atoms with E-state index in [9.17, 15) is 5.26 Å². The maximum atomic E-state index is 9.48. The molecule has 0 radical (unpaired) electrons. The third kappa shape index (κ3) is 3.72. The van der Waals surface area contributed by atoms with Crippen molar-refractivity contribution >= 4 is 11.3 Å². The number of hydrogen-bond donors (Lipinski definition) is 1. The van der Waals surface area contributed by atoms with Crippen LogP contribution in [0, 0.1) is 11.3 Å². The first-order valence-electron chi connectivity index (χ1n) is 7.32. The highest BCUT2D eigenvalue weighted by atomic mass is 32.1. The fourth-order valence-electron chi connectivity index (χ4n) is 2.51. The number of nitrogens with one attached hydrogen (secondary N) is 1. The van der Waals surface area contributed by atoms with E-state index in [2.05, 4.69) is 46.2 Å². The normalized spacial score (nSPS) is 15.3. The topological polar surface area (TPSA) is 53.6 Å². The lowest BCUT2D eigenvalue weighted by Crippen LogP contribution is -2.43. The Morgan fingerprint density at radius 3 is 3.00 bits per heavy atom. The molecule has 2 aromatic heterocycles. The first kappa shape index (κ1) is 15.7. The molecule has 0 aliphatic rings. The Morgan fingerprint density at radius 2 is 2.38 bits per heavy atom. The number of nitrogens with zero attached hydrogens (tertiary/aromatic N) is 3. The number of thiophene rings is 1. The second-order valence-corrected chi connectivity index (χ2v) is 6.51. The minimum absolute atomic E-state index is 0.207. The van der Waals surface area contributed by atoms with Crippen LogP contribution in [0.15, 0.2) is 29.9 Å². The van der Waals surface area contributed by atoms with Crippen molar-refractivity contribution in [3.05, 3.63) is 29.9 Å². The van der Waals surface area contributed by atoms with Crippen molar-refractivity contribution in [3.63, 3.8) is 0 Å². The van der Waals surface area contributed by atoms with Crippen LogP contribution in [0.3, 0.4) is 0 Å². The summed E-state index contributed by atoms with van der Waals surface area (Å²) in [5, 5.41) is 14.9. The Labute approximate surface area is 130 Å². The van der Waals surface area contributed by atoms with Crippen molar-refractivity contribution in [2.45, 2.75) is 45.2 Å². The van der Waals surface area contributed by atoms with E-state index in [4.69, 9.17) is 0 Å². The molecular formula is C16H22N4S. The lowest BCUT2D eigenvalue weighted by atomic mass is 9.95. The van der Waals surface area contributed by atoms with Gasteiger partial charge in [0.25, 0.3) is 0 Å². The monoisotopic (exact) mass is 302 g/mol. The van der Waals surface area contributed by atoms with Crippen LogP contribution in [-0.2, 0) is 0 Å². The summed E-state index contributed by atoms with van der Waals surface area (Å²) in [5.41, 5.74) is -0.508. The minimum atomic E-state index is -0.508. The number of rotatable bonds is 7. The van der Waals surface area contributed by atoms with Gasteiger partial charge in [0.2, 0.25) is 0 Å². The van der Waals surface area contributed by atoms with Crippen LogP contribution in [0.5, 0.6) is 0 Å². The number of nitriles is 1. The smallest absolute Gasteiger partial charge is 0.150 e. The molecule has 0 aliphatic heterocycles. The van der Waals surface area contributed by atoms with Gasteiger partial charge in [0.05, 0.1) is 10.9 Å². The molecule has 21 heavy (non-hydrogen) atoms. The van der Waals surface area contributed by atoms with Crippen molar-refractivity contribution in [2.24, 2.45) is 0 Å². The zero-order chi connectivity index (χ0) is 15.3. The SMILES string of the molecule is CCCNC(C)(C#N)CC(C)n1ccnc1-c1cccs1. The van der Waals surface area contributed by atoms with Gasteiger partial charge >= 0.3 is 0 Å². The predicted molar refractivity (Wildman–Crippen MR) is 87.2 cm³/mol. The molecule has 2 atom stereocenters. The summed E-state index contributed by atoms with van der Waals surface area (Å²) in [6.07, 6.45) is 5.60. The van der Waals surface area contributed by atoms with Gasteiger partial charge in [0.1, 0.15) is 11.4 Å². The highest BCUT2D eigenvalue weighted by Crippen LogP contribution is 2.28. The first-order chi connectivity index (χ1) is 10.1. The van der Waals surface area contributed by atoms with Gasteiger partial charge in [0.15, 0.2) is 0 Å². The minimum Gasteiger partial charge on any atom is -0.327 e. The van der Waals surface area contributed by atoms with Crippen molar-refractivity contribution < 1.29 is 0 Å². The van der Waals surface area contributed by atoms with Gasteiger partial charge in [-0.15, -0.1) is 11.3 Å². The molecule has 5 heteroatoms. The summed E-state index contributed by atoms with van der Waals surface area (Å²) in [7, 11) is 0. The Morgan fingerprint density at radius 1 is 1.57 bits per heavy atom. The molecule has 0 amide bonds. The quantitative estimate of drug-likeness (QED) is 0.845. The zero-order valence-corrected chi connectivity index (χ0v) is 13.7. The van der Waals surface area contributed by atoms with E-state index in [1.807, 2.05) is 25.4 Å². The zero-order valence-electron chi connectivity index (χ0n) is 12.8. The molecule has 2 heterocycles. The molecule has 0 fully saturated rings. The summed E-state index contributed by atoms with van der Waals surface area (Å²) in [6, 6.07) is 6.74. The average molecular weight is 302 g/mol. The molecule has 0 aliphatic carbocycles. The summed E-state index contributed by atoms with van der Waals surface area (Å²) >= 11 is 1.69. The summed E-state index contributed by atoms with van der Waals surface area (Å²) in [4.78, 5) is 5.63. The van der Waals surface area contributed by atoms with Gasteiger partial charge < -0.3 is 4.57 Å². The van der Waals surface area contributed by atoms with E-state index >= 15 is 0 Å². The Hall–Kier alpha value is -1.64. The van der Waals surface area contributed by atoms with E-state index in [0.29, 0.717) is 0 Å². The molecule has 1 N–H and O–H groups in total. The lowest BCUT2D eigenvalue weighted by molar-refractivity contribution is 0.350. The van der Waals surface area contributed by atoms with Gasteiger partial charge in [-0.3, -0.25) is 5.32 Å². The van der Waals surface area contributed by atoms with Gasteiger partial charge in [-0.25, -0.2) is 4.98 Å². The molecular weight excluding hydrogens is 280 g/mol. The molecule has 2 rings (SSSR count). The van der Waals surface area contributed by atoms with Crippen molar-refractivity contribution in [3.8, 4) is 16.8 Å². The lowest BCUT2D eigenvalue weighted by Gasteiger charge is -2.27. The van der Waals surface area contributed by atoms with Gasteiger partial charge in [-0.05, 0) is 44.7 Å². The Balaban J connectivity index is 2.16. The van der Waals surface area contributed by atoms with Crippen LogP contribution >= 0.6 is 11.3 Å². The molecule has 2 unspecified atom stereocenters. The van der Waals surface area contributed by atoms with E-state index in [1.54, 1.807) is 11.3 Å². The number of aromatic nitrogens is 2. The van der Waals surface area contributed by atoms with Gasteiger partial charge in [0, 0.05) is 18.4 Å². The molecule has 2 aromatic rings. The van der Waals surface area contributed by atoms with Crippen LogP contribution in [0.2, 0.25) is 0 Å².